The Morgan fingerprint density at radius 3 is 2.54 bits per heavy atom. The molecule has 0 unspecified atom stereocenters. The van der Waals surface area contributed by atoms with E-state index < -0.39 is 6.04 Å². The Balaban J connectivity index is 1.82. The highest BCUT2D eigenvalue weighted by atomic mass is 16.5. The van der Waals surface area contributed by atoms with Crippen molar-refractivity contribution >= 4 is 5.91 Å². The average Bonchev–Trinajstić information content (AvgIpc) is 2.61. The van der Waals surface area contributed by atoms with Crippen LogP contribution in [-0.2, 0) is 14.3 Å². The van der Waals surface area contributed by atoms with Crippen molar-refractivity contribution in [1.82, 2.24) is 4.90 Å². The molecule has 1 saturated heterocycles. The number of rotatable bonds is 7. The number of carbonyl (C=O) groups is 1. The Hall–Kier alpha value is -0.650. The van der Waals surface area contributed by atoms with Gasteiger partial charge in [0.05, 0.1) is 18.8 Å². The van der Waals surface area contributed by atoms with E-state index >= 15 is 0 Å². The van der Waals surface area contributed by atoms with Crippen molar-refractivity contribution in [2.45, 2.75) is 77.0 Å². The molecule has 2 aliphatic rings. The molecule has 0 aromatic carbocycles. The Labute approximate surface area is 147 Å². The van der Waals surface area contributed by atoms with Crippen LogP contribution >= 0.6 is 0 Å². The zero-order valence-electron chi connectivity index (χ0n) is 15.7. The minimum Gasteiger partial charge on any atom is -0.384 e. The first-order valence-electron chi connectivity index (χ1n) is 9.71. The van der Waals surface area contributed by atoms with Gasteiger partial charge in [0.1, 0.15) is 6.04 Å². The summed E-state index contributed by atoms with van der Waals surface area (Å²) < 4.78 is 11.4. The molecule has 0 aromatic rings. The number of nitrogens with two attached hydrogens (primary N) is 1. The summed E-state index contributed by atoms with van der Waals surface area (Å²) in [7, 11) is 1.72. The van der Waals surface area contributed by atoms with Crippen LogP contribution in [0, 0.1) is 11.8 Å². The van der Waals surface area contributed by atoms with Crippen LogP contribution in [0.1, 0.15) is 58.8 Å². The molecule has 1 heterocycles. The summed E-state index contributed by atoms with van der Waals surface area (Å²) in [6.07, 6.45) is 8.51. The maximum absolute atomic E-state index is 12.7. The first kappa shape index (κ1) is 19.7. The van der Waals surface area contributed by atoms with Gasteiger partial charge in [-0.15, -0.1) is 0 Å². The van der Waals surface area contributed by atoms with Crippen molar-refractivity contribution in [1.29, 1.82) is 0 Å². The molecule has 5 nitrogen and oxygen atoms in total. The fraction of sp³-hybridized carbons (Fsp3) is 0.947. The first-order valence-corrected chi connectivity index (χ1v) is 9.71. The van der Waals surface area contributed by atoms with Crippen molar-refractivity contribution in [2.24, 2.45) is 17.6 Å². The monoisotopic (exact) mass is 340 g/mol. The molecule has 1 aliphatic carbocycles. The number of nitrogens with zero attached hydrogens (tertiary/aromatic N) is 1. The summed E-state index contributed by atoms with van der Waals surface area (Å²) in [6, 6.07) is -0.572. The van der Waals surface area contributed by atoms with E-state index in [2.05, 4.69) is 6.92 Å². The molecule has 24 heavy (non-hydrogen) atoms. The average molecular weight is 341 g/mol. The molecular weight excluding hydrogens is 304 g/mol. The summed E-state index contributed by atoms with van der Waals surface area (Å²) in [5.74, 6) is 1.07. The molecule has 0 bridgehead atoms. The number of hydrogen-bond donors (Lipinski definition) is 1. The molecule has 5 heteroatoms. The maximum atomic E-state index is 12.7. The lowest BCUT2D eigenvalue weighted by Crippen LogP contribution is -2.53. The van der Waals surface area contributed by atoms with Crippen molar-refractivity contribution in [3.05, 3.63) is 0 Å². The molecule has 1 amide bonds. The Morgan fingerprint density at radius 2 is 1.88 bits per heavy atom. The molecule has 2 fully saturated rings. The van der Waals surface area contributed by atoms with Gasteiger partial charge in [0.2, 0.25) is 5.91 Å². The van der Waals surface area contributed by atoms with Gasteiger partial charge < -0.3 is 20.1 Å². The van der Waals surface area contributed by atoms with Crippen LogP contribution < -0.4 is 5.73 Å². The zero-order chi connectivity index (χ0) is 17.5. The van der Waals surface area contributed by atoms with Crippen molar-refractivity contribution in [2.75, 3.05) is 26.8 Å². The van der Waals surface area contributed by atoms with E-state index in [1.807, 2.05) is 11.8 Å². The first-order chi connectivity index (χ1) is 11.5. The van der Waals surface area contributed by atoms with Crippen LogP contribution in [0.2, 0.25) is 0 Å². The van der Waals surface area contributed by atoms with Crippen LogP contribution in [-0.4, -0.2) is 55.9 Å². The topological polar surface area (TPSA) is 64.8 Å². The lowest BCUT2D eigenvalue weighted by atomic mass is 9.86. The van der Waals surface area contributed by atoms with E-state index in [0.717, 1.165) is 25.9 Å². The zero-order valence-corrected chi connectivity index (χ0v) is 15.7. The maximum Gasteiger partial charge on any atom is 0.242 e. The van der Waals surface area contributed by atoms with Gasteiger partial charge >= 0.3 is 0 Å². The van der Waals surface area contributed by atoms with E-state index in [0.29, 0.717) is 18.4 Å². The number of ether oxygens (including phenoxy) is 2. The van der Waals surface area contributed by atoms with Crippen LogP contribution in [0.25, 0.3) is 0 Å². The van der Waals surface area contributed by atoms with Gasteiger partial charge in [0, 0.05) is 20.2 Å². The third-order valence-corrected chi connectivity index (χ3v) is 5.77. The van der Waals surface area contributed by atoms with Gasteiger partial charge in [-0.3, -0.25) is 4.79 Å². The second-order valence-corrected chi connectivity index (χ2v) is 7.72. The number of hydrogen-bond acceptors (Lipinski definition) is 4. The number of likely N-dealkylation sites (tertiary alicyclic amines) is 1. The number of carbonyl (C=O) groups excluding carboxylic acids is 1. The molecule has 0 spiro atoms. The second-order valence-electron chi connectivity index (χ2n) is 7.72. The van der Waals surface area contributed by atoms with Gasteiger partial charge in [-0.1, -0.05) is 19.3 Å². The minimum absolute atomic E-state index is 0.0270. The molecule has 4 atom stereocenters. The predicted octanol–water partition coefficient (Wildman–Crippen LogP) is 2.57. The Bertz CT molecular complexity index is 383. The van der Waals surface area contributed by atoms with Crippen LogP contribution in [0.15, 0.2) is 0 Å². The van der Waals surface area contributed by atoms with E-state index in [9.17, 15) is 4.79 Å². The molecule has 1 saturated carbocycles. The van der Waals surface area contributed by atoms with Gasteiger partial charge in [0.15, 0.2) is 0 Å². The van der Waals surface area contributed by atoms with Gasteiger partial charge in [0.25, 0.3) is 0 Å². The van der Waals surface area contributed by atoms with Crippen molar-refractivity contribution in [3.63, 3.8) is 0 Å². The van der Waals surface area contributed by atoms with E-state index in [-0.39, 0.29) is 18.1 Å². The molecular formula is C19H36N2O3. The van der Waals surface area contributed by atoms with E-state index in [1.54, 1.807) is 7.11 Å². The van der Waals surface area contributed by atoms with E-state index in [1.165, 1.54) is 32.1 Å². The molecule has 2 N–H and O–H groups in total. The smallest absolute Gasteiger partial charge is 0.242 e. The third kappa shape index (κ3) is 5.43. The number of amides is 1. The van der Waals surface area contributed by atoms with E-state index in [4.69, 9.17) is 15.2 Å². The summed E-state index contributed by atoms with van der Waals surface area (Å²) in [6.45, 7) is 6.35. The lowest BCUT2D eigenvalue weighted by Gasteiger charge is -2.36. The fourth-order valence-electron chi connectivity index (χ4n) is 4.19. The summed E-state index contributed by atoms with van der Waals surface area (Å²) >= 11 is 0. The van der Waals surface area contributed by atoms with Crippen LogP contribution in [0.4, 0.5) is 0 Å². The van der Waals surface area contributed by atoms with Crippen LogP contribution in [0.3, 0.4) is 0 Å². The normalized spacial score (nSPS) is 26.8. The van der Waals surface area contributed by atoms with Gasteiger partial charge in [-0.05, 0) is 51.4 Å². The van der Waals surface area contributed by atoms with Crippen molar-refractivity contribution < 1.29 is 14.3 Å². The largest absolute Gasteiger partial charge is 0.384 e. The molecule has 1 aliphatic heterocycles. The molecule has 0 radical (unpaired) electrons. The second kappa shape index (κ2) is 9.73. The van der Waals surface area contributed by atoms with Crippen LogP contribution in [0.5, 0.6) is 0 Å². The molecule has 0 aromatic heterocycles. The fourth-order valence-corrected chi connectivity index (χ4v) is 4.19. The highest BCUT2D eigenvalue weighted by Gasteiger charge is 2.32. The number of piperidine rings is 1. The number of methoxy groups -OCH3 is 1. The lowest BCUT2D eigenvalue weighted by molar-refractivity contribution is -0.140. The third-order valence-electron chi connectivity index (χ3n) is 5.77. The van der Waals surface area contributed by atoms with Crippen molar-refractivity contribution in [3.8, 4) is 0 Å². The summed E-state index contributed by atoms with van der Waals surface area (Å²) in [5, 5.41) is 0. The Morgan fingerprint density at radius 1 is 1.17 bits per heavy atom. The van der Waals surface area contributed by atoms with Gasteiger partial charge in [-0.2, -0.15) is 0 Å². The summed E-state index contributed by atoms with van der Waals surface area (Å²) in [5.41, 5.74) is 6.24. The summed E-state index contributed by atoms with van der Waals surface area (Å²) in [4.78, 5) is 14.6. The predicted molar refractivity (Wildman–Crippen MR) is 95.7 cm³/mol. The standard InChI is InChI=1S/C19H36N2O3/c1-14(17-9-5-4-6-10-17)24-15(2)18(20)19(22)21-11-7-8-16(12-21)13-23-3/h14-18H,4-13,20H2,1-3H3/t14-,15+,16-,18-/m0/s1. The SMILES string of the molecule is COC[C@H]1CCCN(C(=O)[C@@H](N)[C@@H](C)O[C@@H](C)C2CCCCC2)C1. The minimum atomic E-state index is -0.572. The molecule has 140 valence electrons. The molecule has 2 rings (SSSR count). The Kier molecular flexibility index (Phi) is 7.98. The van der Waals surface area contributed by atoms with Gasteiger partial charge in [-0.25, -0.2) is 0 Å². The highest BCUT2D eigenvalue weighted by molar-refractivity contribution is 5.82. The quantitative estimate of drug-likeness (QED) is 0.773. The highest BCUT2D eigenvalue weighted by Crippen LogP contribution is 2.28.